The Bertz CT molecular complexity index is 1360. The molecule has 0 aliphatic carbocycles. The van der Waals surface area contributed by atoms with Gasteiger partial charge in [-0.1, -0.05) is 30.3 Å². The van der Waals surface area contributed by atoms with Crippen LogP contribution in [0.2, 0.25) is 0 Å². The number of benzene rings is 3. The molecule has 0 radical (unpaired) electrons. The second kappa shape index (κ2) is 10.8. The number of hydrogen-bond acceptors (Lipinski definition) is 5. The zero-order valence-electron chi connectivity index (χ0n) is 20.3. The number of sulfonamides is 1. The molecule has 4 rings (SSSR count). The van der Waals surface area contributed by atoms with E-state index in [1.54, 1.807) is 48.2 Å². The first-order valence-electron chi connectivity index (χ1n) is 11.7. The number of para-hydroxylation sites is 1. The second-order valence-electron chi connectivity index (χ2n) is 8.57. The number of carbonyl (C=O) groups is 2. The standard InChI is InChI=1S/C27H29N3O5S/c1-20-16-24(13-14-25(20)35-2)36(33,34)30(22-9-4-3-5-10-22)19-26(31)28-18-21-8-6-11-23(17-21)29-15-7-12-27(29)32/h3-6,8-11,13-14,16-17H,7,12,15,18-19H2,1-2H3,(H,28,31). The fourth-order valence-electron chi connectivity index (χ4n) is 4.19. The highest BCUT2D eigenvalue weighted by Gasteiger charge is 2.28. The van der Waals surface area contributed by atoms with E-state index in [0.717, 1.165) is 22.0 Å². The van der Waals surface area contributed by atoms with Gasteiger partial charge in [0.05, 0.1) is 17.7 Å². The van der Waals surface area contributed by atoms with Crippen LogP contribution in [-0.4, -0.2) is 40.4 Å². The Balaban J connectivity index is 1.52. The van der Waals surface area contributed by atoms with Gasteiger partial charge in [-0.15, -0.1) is 0 Å². The van der Waals surface area contributed by atoms with Crippen molar-refractivity contribution in [3.63, 3.8) is 0 Å². The summed E-state index contributed by atoms with van der Waals surface area (Å²) in [5.74, 6) is 0.222. The predicted octanol–water partition coefficient (Wildman–Crippen LogP) is 3.64. The first-order chi connectivity index (χ1) is 17.3. The van der Waals surface area contributed by atoms with Gasteiger partial charge in [0.1, 0.15) is 12.3 Å². The number of anilines is 2. The van der Waals surface area contributed by atoms with Crippen molar-refractivity contribution in [1.82, 2.24) is 5.32 Å². The van der Waals surface area contributed by atoms with Crippen LogP contribution in [0.4, 0.5) is 11.4 Å². The molecule has 1 aliphatic heterocycles. The average Bonchev–Trinajstić information content (AvgIpc) is 3.32. The number of amides is 2. The minimum Gasteiger partial charge on any atom is -0.496 e. The third-order valence-corrected chi connectivity index (χ3v) is 7.84. The largest absolute Gasteiger partial charge is 0.496 e. The van der Waals surface area contributed by atoms with Crippen molar-refractivity contribution in [3.8, 4) is 5.75 Å². The van der Waals surface area contributed by atoms with Crippen LogP contribution in [-0.2, 0) is 26.2 Å². The molecule has 1 saturated heterocycles. The number of carbonyl (C=O) groups excluding carboxylic acids is 2. The summed E-state index contributed by atoms with van der Waals surface area (Å²) in [5.41, 5.74) is 2.68. The van der Waals surface area contributed by atoms with Crippen molar-refractivity contribution < 1.29 is 22.7 Å². The van der Waals surface area contributed by atoms with E-state index in [2.05, 4.69) is 5.32 Å². The molecule has 1 aliphatic rings. The summed E-state index contributed by atoms with van der Waals surface area (Å²) < 4.78 is 33.5. The second-order valence-corrected chi connectivity index (χ2v) is 10.4. The molecule has 0 bridgehead atoms. The Morgan fingerprint density at radius 2 is 1.83 bits per heavy atom. The lowest BCUT2D eigenvalue weighted by molar-refractivity contribution is -0.120. The maximum atomic E-state index is 13.6. The molecule has 9 heteroatoms. The van der Waals surface area contributed by atoms with E-state index in [0.29, 0.717) is 30.0 Å². The van der Waals surface area contributed by atoms with Gasteiger partial charge in [-0.25, -0.2) is 8.42 Å². The first kappa shape index (κ1) is 25.2. The van der Waals surface area contributed by atoms with Crippen LogP contribution in [0.5, 0.6) is 5.75 Å². The summed E-state index contributed by atoms with van der Waals surface area (Å²) in [5, 5.41) is 2.81. The van der Waals surface area contributed by atoms with E-state index in [9.17, 15) is 18.0 Å². The van der Waals surface area contributed by atoms with E-state index in [-0.39, 0.29) is 23.9 Å². The van der Waals surface area contributed by atoms with E-state index < -0.39 is 15.9 Å². The molecule has 0 saturated carbocycles. The number of hydrogen-bond donors (Lipinski definition) is 1. The van der Waals surface area contributed by atoms with Crippen LogP contribution in [0.25, 0.3) is 0 Å². The molecule has 1 heterocycles. The zero-order chi connectivity index (χ0) is 25.7. The number of nitrogens with one attached hydrogen (secondary N) is 1. The summed E-state index contributed by atoms with van der Waals surface area (Å²) in [7, 11) is -2.51. The first-order valence-corrected chi connectivity index (χ1v) is 13.1. The number of nitrogens with zero attached hydrogens (tertiary/aromatic N) is 2. The molecule has 2 amide bonds. The van der Waals surface area contributed by atoms with Crippen molar-refractivity contribution in [3.05, 3.63) is 83.9 Å². The van der Waals surface area contributed by atoms with Crippen LogP contribution < -0.4 is 19.3 Å². The Hall–Kier alpha value is -3.85. The lowest BCUT2D eigenvalue weighted by Gasteiger charge is -2.24. The average molecular weight is 508 g/mol. The molecule has 1 fully saturated rings. The van der Waals surface area contributed by atoms with Gasteiger partial charge in [0.15, 0.2) is 0 Å². The topological polar surface area (TPSA) is 96.0 Å². The van der Waals surface area contributed by atoms with Crippen LogP contribution in [0.1, 0.15) is 24.0 Å². The molecule has 0 aromatic heterocycles. The Kier molecular flexibility index (Phi) is 7.59. The Morgan fingerprint density at radius 3 is 2.50 bits per heavy atom. The molecule has 0 atom stereocenters. The van der Waals surface area contributed by atoms with Crippen molar-refractivity contribution in [2.45, 2.75) is 31.2 Å². The van der Waals surface area contributed by atoms with E-state index in [1.165, 1.54) is 19.2 Å². The molecule has 8 nitrogen and oxygen atoms in total. The lowest BCUT2D eigenvalue weighted by Crippen LogP contribution is -2.40. The summed E-state index contributed by atoms with van der Waals surface area (Å²) in [6, 6.07) is 20.6. The molecule has 0 spiro atoms. The maximum Gasteiger partial charge on any atom is 0.264 e. The smallest absolute Gasteiger partial charge is 0.264 e. The van der Waals surface area contributed by atoms with Crippen LogP contribution in [0.15, 0.2) is 77.7 Å². The van der Waals surface area contributed by atoms with Crippen molar-refractivity contribution >= 4 is 33.2 Å². The minimum atomic E-state index is -4.03. The lowest BCUT2D eigenvalue weighted by atomic mass is 10.2. The summed E-state index contributed by atoms with van der Waals surface area (Å²) in [6.45, 7) is 2.27. The van der Waals surface area contributed by atoms with Gasteiger partial charge in [0, 0.05) is 25.2 Å². The molecular weight excluding hydrogens is 478 g/mol. The number of rotatable bonds is 9. The Labute approximate surface area is 211 Å². The fourth-order valence-corrected chi connectivity index (χ4v) is 5.70. The quantitative estimate of drug-likeness (QED) is 0.477. The summed E-state index contributed by atoms with van der Waals surface area (Å²) >= 11 is 0. The third kappa shape index (κ3) is 5.52. The van der Waals surface area contributed by atoms with Crippen LogP contribution >= 0.6 is 0 Å². The fraction of sp³-hybridized carbons (Fsp3) is 0.259. The van der Waals surface area contributed by atoms with Gasteiger partial charge in [-0.2, -0.15) is 0 Å². The van der Waals surface area contributed by atoms with E-state index in [4.69, 9.17) is 4.74 Å². The van der Waals surface area contributed by atoms with Gasteiger partial charge in [-0.05, 0) is 66.9 Å². The van der Waals surface area contributed by atoms with Gasteiger partial charge < -0.3 is 15.0 Å². The molecule has 3 aromatic carbocycles. The normalized spacial score (nSPS) is 13.5. The SMILES string of the molecule is COc1ccc(S(=O)(=O)N(CC(=O)NCc2cccc(N3CCCC3=O)c2)c2ccccc2)cc1C. The molecule has 36 heavy (non-hydrogen) atoms. The van der Waals surface area contributed by atoms with Crippen LogP contribution in [0.3, 0.4) is 0 Å². The summed E-state index contributed by atoms with van der Waals surface area (Å²) in [4.78, 5) is 26.8. The molecule has 1 N–H and O–H groups in total. The Morgan fingerprint density at radius 1 is 1.06 bits per heavy atom. The molecular formula is C27H29N3O5S. The van der Waals surface area contributed by atoms with Gasteiger partial charge in [-0.3, -0.25) is 13.9 Å². The predicted molar refractivity (Wildman–Crippen MR) is 139 cm³/mol. The van der Waals surface area contributed by atoms with Crippen LogP contribution in [0, 0.1) is 6.92 Å². The van der Waals surface area contributed by atoms with Crippen molar-refractivity contribution in [2.75, 3.05) is 29.4 Å². The third-order valence-electron chi connectivity index (χ3n) is 6.07. The number of aryl methyl sites for hydroxylation is 1. The van der Waals surface area contributed by atoms with Gasteiger partial charge in [0.25, 0.3) is 10.0 Å². The van der Waals surface area contributed by atoms with Gasteiger partial charge in [0.2, 0.25) is 11.8 Å². The highest BCUT2D eigenvalue weighted by molar-refractivity contribution is 7.92. The number of methoxy groups -OCH3 is 1. The molecule has 0 unspecified atom stereocenters. The molecule has 3 aromatic rings. The maximum absolute atomic E-state index is 13.6. The van der Waals surface area contributed by atoms with E-state index in [1.807, 2.05) is 24.3 Å². The number of ether oxygens (including phenoxy) is 1. The summed E-state index contributed by atoms with van der Waals surface area (Å²) in [6.07, 6.45) is 1.37. The minimum absolute atomic E-state index is 0.0698. The zero-order valence-corrected chi connectivity index (χ0v) is 21.1. The van der Waals surface area contributed by atoms with E-state index >= 15 is 0 Å². The monoisotopic (exact) mass is 507 g/mol. The molecule has 188 valence electrons. The highest BCUT2D eigenvalue weighted by atomic mass is 32.2. The highest BCUT2D eigenvalue weighted by Crippen LogP contribution is 2.27. The van der Waals surface area contributed by atoms with Gasteiger partial charge >= 0.3 is 0 Å². The van der Waals surface area contributed by atoms with Crippen molar-refractivity contribution in [2.24, 2.45) is 0 Å². The van der Waals surface area contributed by atoms with Crippen molar-refractivity contribution in [1.29, 1.82) is 0 Å².